The molecule has 0 saturated heterocycles. The van der Waals surface area contributed by atoms with E-state index >= 15 is 0 Å². The fraction of sp³-hybridized carbons (Fsp3) is 0.545. The van der Waals surface area contributed by atoms with E-state index < -0.39 is 0 Å². The van der Waals surface area contributed by atoms with E-state index in [9.17, 15) is 0 Å². The summed E-state index contributed by atoms with van der Waals surface area (Å²) >= 11 is 0. The van der Waals surface area contributed by atoms with Crippen LogP contribution in [0, 0.1) is 0 Å². The summed E-state index contributed by atoms with van der Waals surface area (Å²) in [4.78, 5) is 6.52. The summed E-state index contributed by atoms with van der Waals surface area (Å²) in [5.41, 5.74) is 7.00. The van der Waals surface area contributed by atoms with E-state index in [2.05, 4.69) is 23.9 Å². The van der Waals surface area contributed by atoms with Crippen LogP contribution in [-0.2, 0) is 0 Å². The molecule has 3 nitrogen and oxygen atoms in total. The van der Waals surface area contributed by atoms with Crippen LogP contribution in [0.5, 0.6) is 0 Å². The van der Waals surface area contributed by atoms with Crippen molar-refractivity contribution in [3.05, 3.63) is 23.9 Å². The summed E-state index contributed by atoms with van der Waals surface area (Å²) in [7, 11) is 2.05. The minimum absolute atomic E-state index is 0.0398. The van der Waals surface area contributed by atoms with Crippen molar-refractivity contribution in [3.63, 3.8) is 0 Å². The first-order chi connectivity index (χ1) is 6.66. The van der Waals surface area contributed by atoms with Gasteiger partial charge in [0.05, 0.1) is 0 Å². The van der Waals surface area contributed by atoms with E-state index in [1.54, 1.807) is 0 Å². The Balaban J connectivity index is 2.94. The second-order valence-electron chi connectivity index (χ2n) is 3.63. The first kappa shape index (κ1) is 11.0. The van der Waals surface area contributed by atoms with E-state index in [0.29, 0.717) is 0 Å². The Morgan fingerprint density at radius 1 is 1.57 bits per heavy atom. The molecule has 3 heteroatoms. The molecule has 1 aromatic rings. The smallest absolute Gasteiger partial charge is 0.133 e. The van der Waals surface area contributed by atoms with Gasteiger partial charge in [0.2, 0.25) is 0 Å². The van der Waals surface area contributed by atoms with Crippen molar-refractivity contribution in [3.8, 4) is 0 Å². The van der Waals surface area contributed by atoms with Crippen LogP contribution in [0.15, 0.2) is 18.3 Å². The fourth-order valence-electron chi connectivity index (χ4n) is 1.53. The zero-order chi connectivity index (χ0) is 10.6. The third-order valence-electron chi connectivity index (χ3n) is 2.23. The topological polar surface area (TPSA) is 42.2 Å². The maximum absolute atomic E-state index is 5.88. The maximum Gasteiger partial charge on any atom is 0.133 e. The number of hydrogen-bond donors (Lipinski definition) is 1. The number of anilines is 1. The van der Waals surface area contributed by atoms with E-state index in [0.717, 1.165) is 24.3 Å². The highest BCUT2D eigenvalue weighted by Crippen LogP contribution is 2.21. The second-order valence-corrected chi connectivity index (χ2v) is 3.63. The molecular weight excluding hydrogens is 174 g/mol. The van der Waals surface area contributed by atoms with Gasteiger partial charge in [-0.05, 0) is 19.4 Å². The zero-order valence-corrected chi connectivity index (χ0v) is 9.20. The van der Waals surface area contributed by atoms with Gasteiger partial charge in [-0.2, -0.15) is 0 Å². The Bertz CT molecular complexity index is 284. The second kappa shape index (κ2) is 4.96. The molecule has 0 bridgehead atoms. The quantitative estimate of drug-likeness (QED) is 0.794. The molecular formula is C11H19N3. The summed E-state index contributed by atoms with van der Waals surface area (Å²) < 4.78 is 0. The van der Waals surface area contributed by atoms with Gasteiger partial charge in [0.25, 0.3) is 0 Å². The maximum atomic E-state index is 5.88. The lowest BCUT2D eigenvalue weighted by molar-refractivity contribution is 0.778. The molecule has 1 aromatic heterocycles. The van der Waals surface area contributed by atoms with E-state index in [1.807, 2.05) is 25.3 Å². The number of hydrogen-bond acceptors (Lipinski definition) is 3. The van der Waals surface area contributed by atoms with Crippen molar-refractivity contribution < 1.29 is 0 Å². The molecule has 0 aliphatic heterocycles. The molecule has 0 unspecified atom stereocenters. The van der Waals surface area contributed by atoms with Gasteiger partial charge in [0, 0.05) is 31.4 Å². The van der Waals surface area contributed by atoms with Gasteiger partial charge in [0.15, 0.2) is 0 Å². The molecule has 2 N–H and O–H groups in total. The highest BCUT2D eigenvalue weighted by atomic mass is 15.2. The van der Waals surface area contributed by atoms with Crippen molar-refractivity contribution >= 4 is 5.82 Å². The van der Waals surface area contributed by atoms with Crippen molar-refractivity contribution in [2.45, 2.75) is 26.3 Å². The van der Waals surface area contributed by atoms with Gasteiger partial charge in [-0.1, -0.05) is 13.0 Å². The van der Waals surface area contributed by atoms with Gasteiger partial charge in [0.1, 0.15) is 5.82 Å². The summed E-state index contributed by atoms with van der Waals surface area (Å²) in [5, 5.41) is 0. The van der Waals surface area contributed by atoms with Crippen LogP contribution in [0.2, 0.25) is 0 Å². The van der Waals surface area contributed by atoms with Crippen LogP contribution in [0.4, 0.5) is 5.82 Å². The zero-order valence-electron chi connectivity index (χ0n) is 9.20. The molecule has 1 heterocycles. The molecule has 0 radical (unpaired) electrons. The van der Waals surface area contributed by atoms with Gasteiger partial charge in [-0.3, -0.25) is 0 Å². The minimum atomic E-state index is 0.0398. The lowest BCUT2D eigenvalue weighted by Gasteiger charge is -2.21. The van der Waals surface area contributed by atoms with Crippen LogP contribution < -0.4 is 10.6 Å². The van der Waals surface area contributed by atoms with Gasteiger partial charge < -0.3 is 10.6 Å². The summed E-state index contributed by atoms with van der Waals surface area (Å²) in [6.07, 6.45) is 2.93. The average Bonchev–Trinajstić information content (AvgIpc) is 2.18. The third kappa shape index (κ3) is 2.45. The number of aromatic nitrogens is 1. The largest absolute Gasteiger partial charge is 0.359 e. The predicted octanol–water partition coefficient (Wildman–Crippen LogP) is 1.95. The Hall–Kier alpha value is -1.09. The van der Waals surface area contributed by atoms with Crippen LogP contribution in [0.1, 0.15) is 31.9 Å². The Labute approximate surface area is 85.9 Å². The predicted molar refractivity (Wildman–Crippen MR) is 60.4 cm³/mol. The molecule has 0 aliphatic carbocycles. The van der Waals surface area contributed by atoms with E-state index in [-0.39, 0.29) is 6.04 Å². The van der Waals surface area contributed by atoms with Crippen LogP contribution in [-0.4, -0.2) is 18.6 Å². The van der Waals surface area contributed by atoms with Gasteiger partial charge in [-0.25, -0.2) is 4.98 Å². The molecule has 0 aliphatic rings. The number of rotatable bonds is 4. The Morgan fingerprint density at radius 2 is 2.29 bits per heavy atom. The SMILES string of the molecule is CCCN(C)c1ncccc1[C@@H](C)N. The van der Waals surface area contributed by atoms with Crippen molar-refractivity contribution in [1.29, 1.82) is 0 Å². The molecule has 1 rings (SSSR count). The summed E-state index contributed by atoms with van der Waals surface area (Å²) in [6, 6.07) is 4.01. The Morgan fingerprint density at radius 3 is 2.86 bits per heavy atom. The molecule has 0 saturated carbocycles. The highest BCUT2D eigenvalue weighted by molar-refractivity contribution is 5.47. The molecule has 78 valence electrons. The van der Waals surface area contributed by atoms with Crippen molar-refractivity contribution in [2.75, 3.05) is 18.5 Å². The summed E-state index contributed by atoms with van der Waals surface area (Å²) in [6.45, 7) is 5.15. The molecule has 0 aromatic carbocycles. The number of nitrogens with two attached hydrogens (primary N) is 1. The third-order valence-corrected chi connectivity index (χ3v) is 2.23. The summed E-state index contributed by atoms with van der Waals surface area (Å²) in [5.74, 6) is 1.00. The van der Waals surface area contributed by atoms with Crippen LogP contribution >= 0.6 is 0 Å². The number of pyridine rings is 1. The highest BCUT2D eigenvalue weighted by Gasteiger charge is 2.10. The molecule has 0 amide bonds. The van der Waals surface area contributed by atoms with E-state index in [4.69, 9.17) is 5.73 Å². The number of nitrogens with zero attached hydrogens (tertiary/aromatic N) is 2. The molecule has 14 heavy (non-hydrogen) atoms. The Kier molecular flexibility index (Phi) is 3.89. The van der Waals surface area contributed by atoms with Crippen molar-refractivity contribution in [1.82, 2.24) is 4.98 Å². The van der Waals surface area contributed by atoms with Crippen LogP contribution in [0.25, 0.3) is 0 Å². The lowest BCUT2D eigenvalue weighted by atomic mass is 10.1. The average molecular weight is 193 g/mol. The standard InChI is InChI=1S/C11H19N3/c1-4-8-14(3)11-10(9(2)12)6-5-7-13-11/h5-7,9H,4,8,12H2,1-3H3/t9-/m1/s1. The molecule has 0 spiro atoms. The van der Waals surface area contributed by atoms with Gasteiger partial charge >= 0.3 is 0 Å². The normalized spacial score (nSPS) is 12.6. The minimum Gasteiger partial charge on any atom is -0.359 e. The van der Waals surface area contributed by atoms with Gasteiger partial charge in [-0.15, -0.1) is 0 Å². The van der Waals surface area contributed by atoms with Crippen molar-refractivity contribution in [2.24, 2.45) is 5.73 Å². The monoisotopic (exact) mass is 193 g/mol. The molecule has 0 fully saturated rings. The first-order valence-electron chi connectivity index (χ1n) is 5.08. The lowest BCUT2D eigenvalue weighted by Crippen LogP contribution is -2.22. The first-order valence-corrected chi connectivity index (χ1v) is 5.08. The van der Waals surface area contributed by atoms with E-state index in [1.165, 1.54) is 0 Å². The fourth-order valence-corrected chi connectivity index (χ4v) is 1.53. The van der Waals surface area contributed by atoms with Crippen LogP contribution in [0.3, 0.4) is 0 Å². The molecule has 1 atom stereocenters.